The lowest BCUT2D eigenvalue weighted by Crippen LogP contribution is -2.02. The van der Waals surface area contributed by atoms with Crippen LogP contribution in [0.2, 0.25) is 0 Å². The number of hydrogen-bond donors (Lipinski definition) is 1. The molecule has 0 fully saturated rings. The highest BCUT2D eigenvalue weighted by Crippen LogP contribution is 2.20. The zero-order valence-electron chi connectivity index (χ0n) is 10.8. The van der Waals surface area contributed by atoms with Crippen molar-refractivity contribution in [2.24, 2.45) is 0 Å². The first-order valence-corrected chi connectivity index (χ1v) is 5.92. The van der Waals surface area contributed by atoms with Gasteiger partial charge in [0, 0.05) is 11.8 Å². The molecule has 20 heavy (non-hydrogen) atoms. The molecular weight excluding hydrogens is 256 g/mol. The topological polar surface area (TPSA) is 83.2 Å². The van der Waals surface area contributed by atoms with Gasteiger partial charge in [0.15, 0.2) is 0 Å². The number of nitriles is 1. The zero-order chi connectivity index (χ0) is 14.5. The fourth-order valence-electron chi connectivity index (χ4n) is 1.76. The molecule has 0 aliphatic carbocycles. The van der Waals surface area contributed by atoms with Crippen LogP contribution in [-0.4, -0.2) is 16.1 Å². The Bertz CT molecular complexity index is 690. The molecule has 2 aromatic rings. The second-order valence-electron chi connectivity index (χ2n) is 4.20. The van der Waals surface area contributed by atoms with Crippen molar-refractivity contribution in [3.63, 3.8) is 0 Å². The van der Waals surface area contributed by atoms with Crippen LogP contribution < -0.4 is 4.74 Å². The van der Waals surface area contributed by atoms with Crippen molar-refractivity contribution in [2.45, 2.75) is 13.5 Å². The van der Waals surface area contributed by atoms with E-state index in [1.54, 1.807) is 37.4 Å². The Morgan fingerprint density at radius 2 is 2.25 bits per heavy atom. The molecule has 0 spiro atoms. The summed E-state index contributed by atoms with van der Waals surface area (Å²) in [5, 5.41) is 17.8. The normalized spacial score (nSPS) is 9.80. The highest BCUT2D eigenvalue weighted by Gasteiger charge is 2.08. The molecule has 0 saturated heterocycles. The van der Waals surface area contributed by atoms with Crippen molar-refractivity contribution in [2.75, 3.05) is 0 Å². The summed E-state index contributed by atoms with van der Waals surface area (Å²) in [6, 6.07) is 10.2. The summed E-state index contributed by atoms with van der Waals surface area (Å²) in [4.78, 5) is 14.8. The number of hydrogen-bond acceptors (Lipinski definition) is 4. The molecule has 0 radical (unpaired) electrons. The maximum atomic E-state index is 10.8. The number of rotatable bonds is 4. The van der Waals surface area contributed by atoms with Gasteiger partial charge in [-0.15, -0.1) is 0 Å². The molecule has 0 aliphatic heterocycles. The quantitative estimate of drug-likeness (QED) is 0.921. The second kappa shape index (κ2) is 5.85. The van der Waals surface area contributed by atoms with Gasteiger partial charge >= 0.3 is 5.97 Å². The van der Waals surface area contributed by atoms with Gasteiger partial charge in [-0.2, -0.15) is 5.26 Å². The summed E-state index contributed by atoms with van der Waals surface area (Å²) in [7, 11) is 0. The summed E-state index contributed by atoms with van der Waals surface area (Å²) >= 11 is 0. The van der Waals surface area contributed by atoms with Crippen molar-refractivity contribution in [3.05, 3.63) is 58.9 Å². The maximum absolute atomic E-state index is 10.8. The molecule has 0 unspecified atom stereocenters. The van der Waals surface area contributed by atoms with Crippen LogP contribution >= 0.6 is 0 Å². The average molecular weight is 268 g/mol. The molecule has 2 rings (SSSR count). The molecule has 0 bridgehead atoms. The third-order valence-electron chi connectivity index (χ3n) is 2.80. The minimum Gasteiger partial charge on any atom is -0.489 e. The lowest BCUT2D eigenvalue weighted by atomic mass is 10.1. The summed E-state index contributed by atoms with van der Waals surface area (Å²) < 4.78 is 5.62. The van der Waals surface area contributed by atoms with Crippen LogP contribution in [0.4, 0.5) is 0 Å². The van der Waals surface area contributed by atoms with Crippen LogP contribution in [0.15, 0.2) is 36.5 Å². The van der Waals surface area contributed by atoms with Gasteiger partial charge in [-0.05, 0) is 36.8 Å². The lowest BCUT2D eigenvalue weighted by Gasteiger charge is -2.10. The van der Waals surface area contributed by atoms with Gasteiger partial charge in [0.1, 0.15) is 24.1 Å². The van der Waals surface area contributed by atoms with Crippen LogP contribution in [0.3, 0.4) is 0 Å². The Labute approximate surface area is 116 Å². The van der Waals surface area contributed by atoms with E-state index in [9.17, 15) is 4.79 Å². The third kappa shape index (κ3) is 2.93. The molecule has 5 nitrogen and oxygen atoms in total. The number of aromatic carboxylic acids is 1. The molecule has 1 aromatic carbocycles. The average Bonchev–Trinajstić information content (AvgIpc) is 2.46. The molecule has 0 aliphatic rings. The van der Waals surface area contributed by atoms with E-state index in [0.717, 1.165) is 5.56 Å². The molecule has 1 heterocycles. The first-order valence-electron chi connectivity index (χ1n) is 5.92. The lowest BCUT2D eigenvalue weighted by molar-refractivity contribution is 0.0696. The monoisotopic (exact) mass is 268 g/mol. The molecular formula is C15H12N2O3. The first kappa shape index (κ1) is 13.6. The van der Waals surface area contributed by atoms with Gasteiger partial charge in [0.05, 0.1) is 5.56 Å². The van der Waals surface area contributed by atoms with E-state index in [0.29, 0.717) is 17.0 Å². The number of carboxylic acid groups (broad SMARTS) is 1. The fraction of sp³-hybridized carbons (Fsp3) is 0.133. The highest BCUT2D eigenvalue weighted by atomic mass is 16.5. The summed E-state index contributed by atoms with van der Waals surface area (Å²) in [5.74, 6) is -0.388. The third-order valence-corrected chi connectivity index (χ3v) is 2.80. The summed E-state index contributed by atoms with van der Waals surface area (Å²) in [6.45, 7) is 1.99. The Kier molecular flexibility index (Phi) is 3.96. The minimum atomic E-state index is -0.973. The SMILES string of the molecule is Cc1cc(C(=O)O)ccc1OCc1cccnc1C#N. The number of ether oxygens (including phenoxy) is 1. The van der Waals surface area contributed by atoms with E-state index in [1.807, 2.05) is 6.07 Å². The van der Waals surface area contributed by atoms with Crippen molar-refractivity contribution >= 4 is 5.97 Å². The Morgan fingerprint density at radius 3 is 2.90 bits per heavy atom. The standard InChI is InChI=1S/C15H12N2O3/c1-10-7-11(15(18)19)4-5-14(10)20-9-12-3-2-6-17-13(12)8-16/h2-7H,9H2,1H3,(H,18,19). The van der Waals surface area contributed by atoms with Crippen molar-refractivity contribution in [1.29, 1.82) is 5.26 Å². The predicted octanol–water partition coefficient (Wildman–Crippen LogP) is 2.54. The molecule has 5 heteroatoms. The minimum absolute atomic E-state index is 0.212. The van der Waals surface area contributed by atoms with Gasteiger partial charge < -0.3 is 9.84 Å². The molecule has 0 amide bonds. The van der Waals surface area contributed by atoms with Crippen LogP contribution in [0.5, 0.6) is 5.75 Å². The van der Waals surface area contributed by atoms with E-state index in [-0.39, 0.29) is 12.2 Å². The Morgan fingerprint density at radius 1 is 1.45 bits per heavy atom. The van der Waals surface area contributed by atoms with Gasteiger partial charge in [0.25, 0.3) is 0 Å². The maximum Gasteiger partial charge on any atom is 0.335 e. The Balaban J connectivity index is 2.16. The number of carbonyl (C=O) groups is 1. The van der Waals surface area contributed by atoms with Gasteiger partial charge in [-0.3, -0.25) is 0 Å². The van der Waals surface area contributed by atoms with Crippen molar-refractivity contribution in [1.82, 2.24) is 4.98 Å². The van der Waals surface area contributed by atoms with Crippen LogP contribution in [0.1, 0.15) is 27.2 Å². The first-order chi connectivity index (χ1) is 9.61. The van der Waals surface area contributed by atoms with Crippen LogP contribution in [0.25, 0.3) is 0 Å². The van der Waals surface area contributed by atoms with Crippen LogP contribution in [-0.2, 0) is 6.61 Å². The largest absolute Gasteiger partial charge is 0.489 e. The van der Waals surface area contributed by atoms with Gasteiger partial charge in [-0.1, -0.05) is 6.07 Å². The molecule has 0 saturated carbocycles. The predicted molar refractivity (Wildman–Crippen MR) is 71.4 cm³/mol. The number of nitrogens with zero attached hydrogens (tertiary/aromatic N) is 2. The Hall–Kier alpha value is -2.87. The van der Waals surface area contributed by atoms with Crippen LogP contribution in [0, 0.1) is 18.3 Å². The molecule has 100 valence electrons. The number of aromatic nitrogens is 1. The molecule has 0 atom stereocenters. The number of carboxylic acids is 1. The van der Waals surface area contributed by atoms with E-state index in [4.69, 9.17) is 15.1 Å². The van der Waals surface area contributed by atoms with E-state index < -0.39 is 5.97 Å². The van der Waals surface area contributed by atoms with Gasteiger partial charge in [0.2, 0.25) is 0 Å². The van der Waals surface area contributed by atoms with Crippen molar-refractivity contribution < 1.29 is 14.6 Å². The number of pyridine rings is 1. The van der Waals surface area contributed by atoms with E-state index in [1.165, 1.54) is 6.07 Å². The van der Waals surface area contributed by atoms with Crippen molar-refractivity contribution in [3.8, 4) is 11.8 Å². The second-order valence-corrected chi connectivity index (χ2v) is 4.20. The smallest absolute Gasteiger partial charge is 0.335 e. The fourth-order valence-corrected chi connectivity index (χ4v) is 1.76. The summed E-state index contributed by atoms with van der Waals surface area (Å²) in [5.41, 5.74) is 1.96. The zero-order valence-corrected chi connectivity index (χ0v) is 10.8. The highest BCUT2D eigenvalue weighted by molar-refractivity contribution is 5.88. The van der Waals surface area contributed by atoms with E-state index in [2.05, 4.69) is 4.98 Å². The summed E-state index contributed by atoms with van der Waals surface area (Å²) in [6.07, 6.45) is 1.55. The number of benzene rings is 1. The number of aryl methyl sites for hydroxylation is 1. The van der Waals surface area contributed by atoms with E-state index >= 15 is 0 Å². The van der Waals surface area contributed by atoms with Gasteiger partial charge in [-0.25, -0.2) is 9.78 Å². The molecule has 1 aromatic heterocycles. The molecule has 1 N–H and O–H groups in total.